The van der Waals surface area contributed by atoms with Gasteiger partial charge in [0.15, 0.2) is 5.76 Å². The van der Waals surface area contributed by atoms with E-state index in [-0.39, 0.29) is 11.9 Å². The highest BCUT2D eigenvalue weighted by molar-refractivity contribution is 5.91. The largest absolute Gasteiger partial charge is 0.456 e. The molecule has 0 aliphatic carbocycles. The fourth-order valence-electron chi connectivity index (χ4n) is 1.97. The van der Waals surface area contributed by atoms with E-state index in [1.165, 1.54) is 0 Å². The molecule has 1 aliphatic rings. The molecule has 1 amide bonds. The van der Waals surface area contributed by atoms with Crippen molar-refractivity contribution >= 4 is 5.91 Å². The van der Waals surface area contributed by atoms with Crippen LogP contribution in [0.2, 0.25) is 0 Å². The normalized spacial score (nSPS) is 21.1. The summed E-state index contributed by atoms with van der Waals surface area (Å²) < 4.78 is 5.48. The molecule has 1 N–H and O–H groups in total. The Morgan fingerprint density at radius 1 is 1.62 bits per heavy atom. The van der Waals surface area contributed by atoms with E-state index in [9.17, 15) is 4.79 Å². The zero-order chi connectivity index (χ0) is 11.5. The molecule has 0 spiro atoms. The van der Waals surface area contributed by atoms with Crippen molar-refractivity contribution in [3.05, 3.63) is 23.7 Å². The third-order valence-electron chi connectivity index (χ3n) is 2.98. The van der Waals surface area contributed by atoms with Gasteiger partial charge in [-0.1, -0.05) is 6.92 Å². The molecule has 1 unspecified atom stereocenters. The zero-order valence-electron chi connectivity index (χ0n) is 9.82. The summed E-state index contributed by atoms with van der Waals surface area (Å²) in [6, 6.07) is 3.88. The summed E-state index contributed by atoms with van der Waals surface area (Å²) in [6.45, 7) is 6.53. The van der Waals surface area contributed by atoms with E-state index in [0.717, 1.165) is 31.8 Å². The molecule has 1 fully saturated rings. The Kier molecular flexibility index (Phi) is 3.29. The van der Waals surface area contributed by atoms with Gasteiger partial charge in [-0.25, -0.2) is 0 Å². The molecule has 16 heavy (non-hydrogen) atoms. The summed E-state index contributed by atoms with van der Waals surface area (Å²) in [5.41, 5.74) is 0. The molecule has 2 heterocycles. The van der Waals surface area contributed by atoms with E-state index < -0.39 is 0 Å². The summed E-state index contributed by atoms with van der Waals surface area (Å²) in [7, 11) is 0. The van der Waals surface area contributed by atoms with Crippen LogP contribution < -0.4 is 5.32 Å². The second kappa shape index (κ2) is 4.70. The molecule has 1 saturated heterocycles. The molecule has 4 nitrogen and oxygen atoms in total. The van der Waals surface area contributed by atoms with Crippen molar-refractivity contribution in [3.63, 3.8) is 0 Å². The van der Waals surface area contributed by atoms with E-state index in [1.54, 1.807) is 6.07 Å². The van der Waals surface area contributed by atoms with Crippen molar-refractivity contribution in [3.8, 4) is 0 Å². The molecule has 0 saturated carbocycles. The molecule has 2 rings (SSSR count). The van der Waals surface area contributed by atoms with Crippen LogP contribution in [0.4, 0.5) is 0 Å². The molecule has 1 atom stereocenters. The highest BCUT2D eigenvalue weighted by atomic mass is 16.4. The Morgan fingerprint density at radius 3 is 3.06 bits per heavy atom. The van der Waals surface area contributed by atoms with Crippen molar-refractivity contribution < 1.29 is 9.21 Å². The number of nitrogens with zero attached hydrogens (tertiary/aromatic N) is 1. The van der Waals surface area contributed by atoms with Crippen LogP contribution in [-0.2, 0) is 6.42 Å². The fourth-order valence-corrected chi connectivity index (χ4v) is 1.97. The summed E-state index contributed by atoms with van der Waals surface area (Å²) in [6.07, 6.45) is 0.824. The number of hydrogen-bond donors (Lipinski definition) is 1. The van der Waals surface area contributed by atoms with Crippen LogP contribution in [-0.4, -0.2) is 36.5 Å². The van der Waals surface area contributed by atoms with Gasteiger partial charge in [0.1, 0.15) is 5.76 Å². The standard InChI is InChI=1S/C12H18N2O2/c1-3-10-4-5-11(16-10)12(15)14-7-6-13-8-9(14)2/h4-5,9,13H,3,6-8H2,1-2H3. The number of rotatable bonds is 2. The van der Waals surface area contributed by atoms with Crippen molar-refractivity contribution in [2.45, 2.75) is 26.3 Å². The van der Waals surface area contributed by atoms with Crippen LogP contribution in [0.5, 0.6) is 0 Å². The summed E-state index contributed by atoms with van der Waals surface area (Å²) in [4.78, 5) is 14.0. The third-order valence-corrected chi connectivity index (χ3v) is 2.98. The minimum Gasteiger partial charge on any atom is -0.456 e. The van der Waals surface area contributed by atoms with Gasteiger partial charge in [-0.15, -0.1) is 0 Å². The molecule has 1 aliphatic heterocycles. The van der Waals surface area contributed by atoms with Crippen LogP contribution in [0.15, 0.2) is 16.5 Å². The minimum atomic E-state index is 0.00806. The maximum atomic E-state index is 12.1. The number of aryl methyl sites for hydroxylation is 1. The number of hydrogen-bond acceptors (Lipinski definition) is 3. The lowest BCUT2D eigenvalue weighted by Crippen LogP contribution is -2.52. The van der Waals surface area contributed by atoms with Gasteiger partial charge in [0.05, 0.1) is 0 Å². The average molecular weight is 222 g/mol. The fraction of sp³-hybridized carbons (Fsp3) is 0.583. The lowest BCUT2D eigenvalue weighted by Gasteiger charge is -2.33. The number of carbonyl (C=O) groups excluding carboxylic acids is 1. The Labute approximate surface area is 95.6 Å². The first kappa shape index (κ1) is 11.2. The Balaban J connectivity index is 2.11. The van der Waals surface area contributed by atoms with E-state index in [1.807, 2.05) is 24.8 Å². The van der Waals surface area contributed by atoms with Gasteiger partial charge in [0.25, 0.3) is 5.91 Å². The number of amides is 1. The number of furan rings is 1. The summed E-state index contributed by atoms with van der Waals surface area (Å²) in [5, 5.41) is 3.26. The van der Waals surface area contributed by atoms with Crippen LogP contribution in [0.1, 0.15) is 30.2 Å². The molecule has 88 valence electrons. The van der Waals surface area contributed by atoms with Crippen molar-refractivity contribution in [1.82, 2.24) is 10.2 Å². The van der Waals surface area contributed by atoms with Crippen molar-refractivity contribution in [1.29, 1.82) is 0 Å². The first-order chi connectivity index (χ1) is 7.72. The lowest BCUT2D eigenvalue weighted by molar-refractivity contribution is 0.0621. The molecule has 0 aromatic carbocycles. The van der Waals surface area contributed by atoms with Crippen LogP contribution in [0.3, 0.4) is 0 Å². The number of piperazine rings is 1. The van der Waals surface area contributed by atoms with Crippen LogP contribution in [0, 0.1) is 0 Å². The maximum Gasteiger partial charge on any atom is 0.289 e. The molecule has 0 radical (unpaired) electrons. The van der Waals surface area contributed by atoms with E-state index in [2.05, 4.69) is 5.32 Å². The van der Waals surface area contributed by atoms with Crippen molar-refractivity contribution in [2.24, 2.45) is 0 Å². The van der Waals surface area contributed by atoms with E-state index in [4.69, 9.17) is 4.42 Å². The minimum absolute atomic E-state index is 0.00806. The quantitative estimate of drug-likeness (QED) is 0.819. The molecule has 0 bridgehead atoms. The third kappa shape index (κ3) is 2.11. The van der Waals surface area contributed by atoms with Gasteiger partial charge < -0.3 is 14.6 Å². The highest BCUT2D eigenvalue weighted by Crippen LogP contribution is 2.14. The van der Waals surface area contributed by atoms with E-state index >= 15 is 0 Å². The summed E-state index contributed by atoms with van der Waals surface area (Å²) >= 11 is 0. The Morgan fingerprint density at radius 2 is 2.44 bits per heavy atom. The van der Waals surface area contributed by atoms with E-state index in [0.29, 0.717) is 5.76 Å². The smallest absolute Gasteiger partial charge is 0.289 e. The number of carbonyl (C=O) groups is 1. The van der Waals surface area contributed by atoms with Gasteiger partial charge in [-0.3, -0.25) is 4.79 Å². The average Bonchev–Trinajstić information content (AvgIpc) is 2.77. The maximum absolute atomic E-state index is 12.1. The molecular weight excluding hydrogens is 204 g/mol. The van der Waals surface area contributed by atoms with Gasteiger partial charge in [-0.2, -0.15) is 0 Å². The first-order valence-corrected chi connectivity index (χ1v) is 5.82. The molecule has 4 heteroatoms. The molecule has 1 aromatic rings. The molecular formula is C12H18N2O2. The predicted molar refractivity (Wildman–Crippen MR) is 61.5 cm³/mol. The molecule has 1 aromatic heterocycles. The highest BCUT2D eigenvalue weighted by Gasteiger charge is 2.25. The Bertz CT molecular complexity index is 373. The van der Waals surface area contributed by atoms with Crippen LogP contribution >= 0.6 is 0 Å². The topological polar surface area (TPSA) is 45.5 Å². The zero-order valence-corrected chi connectivity index (χ0v) is 9.82. The van der Waals surface area contributed by atoms with Gasteiger partial charge in [0, 0.05) is 32.1 Å². The SMILES string of the molecule is CCc1ccc(C(=O)N2CCNCC2C)o1. The van der Waals surface area contributed by atoms with Crippen molar-refractivity contribution in [2.75, 3.05) is 19.6 Å². The first-order valence-electron chi connectivity index (χ1n) is 5.82. The second-order valence-corrected chi connectivity index (χ2v) is 4.17. The second-order valence-electron chi connectivity index (χ2n) is 4.17. The Hall–Kier alpha value is -1.29. The predicted octanol–water partition coefficient (Wildman–Crippen LogP) is 1.28. The van der Waals surface area contributed by atoms with Crippen LogP contribution in [0.25, 0.3) is 0 Å². The summed E-state index contributed by atoms with van der Waals surface area (Å²) in [5.74, 6) is 1.34. The monoisotopic (exact) mass is 222 g/mol. The van der Waals surface area contributed by atoms with Gasteiger partial charge >= 0.3 is 0 Å². The lowest BCUT2D eigenvalue weighted by atomic mass is 10.2. The van der Waals surface area contributed by atoms with Gasteiger partial charge in [-0.05, 0) is 19.1 Å². The number of nitrogens with one attached hydrogen (secondary N) is 1. The van der Waals surface area contributed by atoms with Gasteiger partial charge in [0.2, 0.25) is 0 Å².